The van der Waals surface area contributed by atoms with Crippen LogP contribution in [0.1, 0.15) is 44.7 Å². The minimum Gasteiger partial charge on any atom is -0.493 e. The fraction of sp³-hybridized carbons (Fsp3) is 0.333. The van der Waals surface area contributed by atoms with Gasteiger partial charge in [-0.1, -0.05) is 46.6 Å². The third-order valence-electron chi connectivity index (χ3n) is 7.43. The summed E-state index contributed by atoms with van der Waals surface area (Å²) in [6, 6.07) is 26.2. The first-order valence-electron chi connectivity index (χ1n) is 17.4. The zero-order valence-corrected chi connectivity index (χ0v) is 33.4. The molecule has 0 bridgehead atoms. The van der Waals surface area contributed by atoms with E-state index in [1.165, 1.54) is 33.1 Å². The number of hydrogen-bond donors (Lipinski definition) is 1. The minimum absolute atomic E-state index is 0.00162. The Morgan fingerprint density at radius 3 is 1.44 bits per heavy atom. The highest BCUT2D eigenvalue weighted by Crippen LogP contribution is 2.37. The van der Waals surface area contributed by atoms with Gasteiger partial charge in [-0.15, -0.1) is 23.5 Å². The molecule has 18 heteroatoms. The summed E-state index contributed by atoms with van der Waals surface area (Å²) in [6.07, 6.45) is 1.09. The molecule has 0 atom stereocenters. The number of azide groups is 2. The number of carbonyl (C=O) groups excluding carboxylic acids is 1. The maximum absolute atomic E-state index is 12.5. The van der Waals surface area contributed by atoms with E-state index < -0.39 is 11.9 Å². The summed E-state index contributed by atoms with van der Waals surface area (Å²) >= 11 is 3.07. The summed E-state index contributed by atoms with van der Waals surface area (Å²) in [7, 11) is 4.29. The summed E-state index contributed by atoms with van der Waals surface area (Å²) in [4.78, 5) is 32.0. The van der Waals surface area contributed by atoms with E-state index in [0.29, 0.717) is 84.6 Å². The maximum atomic E-state index is 12.5. The molecule has 4 aromatic carbocycles. The second-order valence-electron chi connectivity index (χ2n) is 11.2. The van der Waals surface area contributed by atoms with Crippen LogP contribution in [0.25, 0.3) is 20.9 Å². The molecule has 0 fully saturated rings. The van der Waals surface area contributed by atoms with Crippen LogP contribution in [0.3, 0.4) is 0 Å². The summed E-state index contributed by atoms with van der Waals surface area (Å²) < 4.78 is 37.5. The van der Waals surface area contributed by atoms with E-state index >= 15 is 0 Å². The first-order valence-corrected chi connectivity index (χ1v) is 19.3. The molecule has 0 spiro atoms. The number of ether oxygens (including phenoxy) is 7. The molecule has 16 nitrogen and oxygen atoms in total. The third-order valence-corrected chi connectivity index (χ3v) is 9.51. The number of benzene rings is 4. The van der Waals surface area contributed by atoms with Crippen LogP contribution in [-0.2, 0) is 25.7 Å². The minimum atomic E-state index is -1.10. The predicted octanol–water partition coefficient (Wildman–Crippen LogP) is 9.57. The number of thioether (sulfide) groups is 2. The van der Waals surface area contributed by atoms with E-state index in [0.717, 1.165) is 9.79 Å². The molecule has 0 aliphatic heterocycles. The van der Waals surface area contributed by atoms with Crippen molar-refractivity contribution in [2.75, 3.05) is 61.2 Å². The van der Waals surface area contributed by atoms with Crippen molar-refractivity contribution in [3.05, 3.63) is 128 Å². The number of carbonyl (C=O) groups is 2. The molecule has 0 unspecified atom stereocenters. The summed E-state index contributed by atoms with van der Waals surface area (Å²) in [6.45, 7) is 1.24. The monoisotopic (exact) mass is 820 g/mol. The number of rotatable bonds is 24. The number of methoxy groups -OCH3 is 3. The molecule has 0 saturated heterocycles. The molecule has 57 heavy (non-hydrogen) atoms. The van der Waals surface area contributed by atoms with Crippen molar-refractivity contribution < 1.29 is 47.9 Å². The van der Waals surface area contributed by atoms with Crippen LogP contribution >= 0.6 is 23.5 Å². The third kappa shape index (κ3) is 15.7. The van der Waals surface area contributed by atoms with Crippen molar-refractivity contribution in [3.8, 4) is 23.0 Å². The Bertz CT molecular complexity index is 1950. The molecule has 0 aliphatic rings. The molecule has 0 amide bonds. The smallest absolute Gasteiger partial charge is 0.342 e. The Labute approximate surface area is 339 Å². The summed E-state index contributed by atoms with van der Waals surface area (Å²) in [5.74, 6) is 0.856. The Morgan fingerprint density at radius 1 is 0.614 bits per heavy atom. The molecule has 4 aromatic rings. The van der Waals surface area contributed by atoms with Crippen LogP contribution in [0.5, 0.6) is 23.0 Å². The molecular formula is C39H44N6O10S2. The average Bonchev–Trinajstić information content (AvgIpc) is 3.24. The van der Waals surface area contributed by atoms with E-state index in [9.17, 15) is 14.7 Å². The van der Waals surface area contributed by atoms with Crippen LogP contribution in [0, 0.1) is 0 Å². The van der Waals surface area contributed by atoms with Gasteiger partial charge in [0.15, 0.2) is 13.6 Å². The van der Waals surface area contributed by atoms with Crippen molar-refractivity contribution >= 4 is 35.5 Å². The largest absolute Gasteiger partial charge is 0.493 e. The van der Waals surface area contributed by atoms with E-state index in [1.54, 1.807) is 36.0 Å². The normalized spacial score (nSPS) is 10.2. The Hall–Kier alpha value is -5.74. The van der Waals surface area contributed by atoms with E-state index in [1.807, 2.05) is 60.7 Å². The van der Waals surface area contributed by atoms with Crippen LogP contribution in [0.15, 0.2) is 105 Å². The lowest BCUT2D eigenvalue weighted by molar-refractivity contribution is 0.0461. The Kier molecular flexibility index (Phi) is 21.6. The Morgan fingerprint density at radius 2 is 1.04 bits per heavy atom. The van der Waals surface area contributed by atoms with Crippen molar-refractivity contribution in [3.63, 3.8) is 0 Å². The van der Waals surface area contributed by atoms with E-state index in [4.69, 9.17) is 44.2 Å². The van der Waals surface area contributed by atoms with Gasteiger partial charge in [0.2, 0.25) is 0 Å². The number of nitrogens with zero attached hydrogens (tertiary/aromatic N) is 6. The van der Waals surface area contributed by atoms with Gasteiger partial charge in [0.05, 0.1) is 20.3 Å². The van der Waals surface area contributed by atoms with Crippen molar-refractivity contribution in [1.82, 2.24) is 0 Å². The average molecular weight is 821 g/mol. The van der Waals surface area contributed by atoms with Crippen LogP contribution in [-0.4, -0.2) is 78.3 Å². The van der Waals surface area contributed by atoms with Gasteiger partial charge in [0.25, 0.3) is 0 Å². The lowest BCUT2D eigenvalue weighted by Gasteiger charge is -2.18. The van der Waals surface area contributed by atoms with E-state index in [2.05, 4.69) is 20.1 Å². The highest BCUT2D eigenvalue weighted by atomic mass is 32.2. The fourth-order valence-electron chi connectivity index (χ4n) is 4.89. The lowest BCUT2D eigenvalue weighted by Crippen LogP contribution is -2.12. The highest BCUT2D eigenvalue weighted by molar-refractivity contribution is 7.98. The molecule has 0 radical (unpaired) electrons. The molecular weight excluding hydrogens is 777 g/mol. The van der Waals surface area contributed by atoms with Gasteiger partial charge in [0, 0.05) is 69.6 Å². The number of carboxylic acids is 1. The fourth-order valence-corrected chi connectivity index (χ4v) is 6.78. The van der Waals surface area contributed by atoms with E-state index in [-0.39, 0.29) is 24.9 Å². The topological polar surface area (TPSA) is 216 Å². The second kappa shape index (κ2) is 27.0. The van der Waals surface area contributed by atoms with Gasteiger partial charge in [-0.3, -0.25) is 0 Å². The molecule has 0 aromatic heterocycles. The summed E-state index contributed by atoms with van der Waals surface area (Å²) in [5, 5.41) is 16.7. The second-order valence-corrected chi connectivity index (χ2v) is 13.3. The first-order chi connectivity index (χ1) is 27.9. The van der Waals surface area contributed by atoms with Gasteiger partial charge in [-0.25, -0.2) is 9.59 Å². The Balaban J connectivity index is 0.000000306. The lowest BCUT2D eigenvalue weighted by atomic mass is 10.1. The standard InChI is InChI=1S/C20H23N3O5S.C19H21N3O5S/c1-25-14-28-18-10-9-17(27-12-6-11-22-23-21)16(19(18)20(24)26-2)13-29-15-7-4-3-5-8-15;1-25-13-27-17-9-8-16(26-11-5-10-21-22-20)15(18(17)19(23)24)12-28-14-6-3-2-4-7-14/h3-5,7-10H,6,11-14H2,1-2H3;2-4,6-9H,5,10-13H2,1H3,(H,23,24). The molecule has 0 heterocycles. The van der Waals surface area contributed by atoms with Gasteiger partial charge in [0.1, 0.15) is 34.1 Å². The maximum Gasteiger partial charge on any atom is 0.342 e. The molecule has 302 valence electrons. The number of aromatic carboxylic acids is 1. The SMILES string of the molecule is COCOc1ccc(OCCCN=[N+]=[N-])c(CSc2ccccc2)c1C(=O)O.COCOc1ccc(OCCCN=[N+]=[N-])c(CSc2ccccc2)c1C(=O)OC. The first kappa shape index (κ1) is 45.6. The zero-order valence-electron chi connectivity index (χ0n) is 31.8. The van der Waals surface area contributed by atoms with Crippen LogP contribution < -0.4 is 18.9 Å². The van der Waals surface area contributed by atoms with Crippen molar-refractivity contribution in [1.29, 1.82) is 0 Å². The van der Waals surface area contributed by atoms with Crippen LogP contribution in [0.4, 0.5) is 0 Å². The number of esters is 1. The van der Waals surface area contributed by atoms with Gasteiger partial charge in [-0.05, 0) is 72.4 Å². The molecule has 4 rings (SSSR count). The summed E-state index contributed by atoms with van der Waals surface area (Å²) in [5.41, 5.74) is 18.3. The highest BCUT2D eigenvalue weighted by Gasteiger charge is 2.24. The number of hydrogen-bond acceptors (Lipinski definition) is 13. The van der Waals surface area contributed by atoms with Gasteiger partial charge in [-0.2, -0.15) is 0 Å². The van der Waals surface area contributed by atoms with Crippen LogP contribution in [0.2, 0.25) is 0 Å². The van der Waals surface area contributed by atoms with Gasteiger partial charge >= 0.3 is 11.9 Å². The number of carboxylic acid groups (broad SMARTS) is 1. The van der Waals surface area contributed by atoms with Crippen molar-refractivity contribution in [2.45, 2.75) is 34.1 Å². The zero-order chi connectivity index (χ0) is 41.1. The quantitative estimate of drug-likeness (QED) is 0.0133. The predicted molar refractivity (Wildman–Crippen MR) is 216 cm³/mol. The molecule has 0 aliphatic carbocycles. The van der Waals surface area contributed by atoms with Crippen molar-refractivity contribution in [2.24, 2.45) is 10.2 Å². The van der Waals surface area contributed by atoms with Gasteiger partial charge < -0.3 is 38.3 Å². The molecule has 0 saturated carbocycles. The molecule has 1 N–H and O–H groups in total.